The molecule has 1 aliphatic heterocycles. The summed E-state index contributed by atoms with van der Waals surface area (Å²) in [6.07, 6.45) is -2.53. The minimum Gasteiger partial charge on any atom is -0.495 e. The van der Waals surface area contributed by atoms with Crippen LogP contribution in [0, 0.1) is 11.8 Å². The number of likely N-dealkylation sites (tertiary alicyclic amines) is 1. The van der Waals surface area contributed by atoms with Crippen molar-refractivity contribution in [2.24, 2.45) is 5.14 Å². The normalized spacial score (nSPS) is 14.9. The van der Waals surface area contributed by atoms with Gasteiger partial charge in [0.1, 0.15) is 12.3 Å². The van der Waals surface area contributed by atoms with Gasteiger partial charge in [0.25, 0.3) is 0 Å². The number of ether oxygens (including phenoxy) is 1. The number of aromatic nitrogens is 1. The van der Waals surface area contributed by atoms with Crippen LogP contribution in [0.4, 0.5) is 24.5 Å². The quantitative estimate of drug-likeness (QED) is 0.255. The van der Waals surface area contributed by atoms with Crippen LogP contribution in [-0.2, 0) is 6.54 Å². The maximum Gasteiger partial charge on any atom is 0.406 e. The van der Waals surface area contributed by atoms with Crippen molar-refractivity contribution in [3.8, 4) is 17.6 Å². The molecular weight excluding hydrogens is 523 g/mol. The Morgan fingerprint density at radius 2 is 1.92 bits per heavy atom. The van der Waals surface area contributed by atoms with Gasteiger partial charge in [0.2, 0.25) is 0 Å². The van der Waals surface area contributed by atoms with Gasteiger partial charge in [-0.25, -0.2) is 0 Å². The summed E-state index contributed by atoms with van der Waals surface area (Å²) in [6.45, 7) is 0.964. The van der Waals surface area contributed by atoms with Gasteiger partial charge in [0.15, 0.2) is 0 Å². The number of alkyl halides is 3. The molecule has 6 nitrogen and oxygen atoms in total. The van der Waals surface area contributed by atoms with Crippen LogP contribution < -0.4 is 20.5 Å². The highest BCUT2D eigenvalue weighted by atomic mass is 35.5. The summed E-state index contributed by atoms with van der Waals surface area (Å²) in [5.74, 6) is 6.46. The second-order valence-electron chi connectivity index (χ2n) is 8.97. The number of nitrogens with one attached hydrogen (secondary N) is 2. The van der Waals surface area contributed by atoms with Crippen LogP contribution in [0.1, 0.15) is 18.5 Å². The Balaban J connectivity index is 1.63. The van der Waals surface area contributed by atoms with E-state index < -0.39 is 12.7 Å². The Kier molecular flexibility index (Phi) is 8.70. The molecule has 2 aromatic carbocycles. The molecular formula is C26H29ClF3N5OS. The number of fused-ring (bicyclic) bond motifs is 1. The molecule has 2 heterocycles. The van der Waals surface area contributed by atoms with Crippen molar-refractivity contribution >= 4 is 45.8 Å². The van der Waals surface area contributed by atoms with Crippen LogP contribution >= 0.6 is 23.5 Å². The Bertz CT molecular complexity index is 1310. The SMILES string of the molecule is COc1cc(SN)ccc1NCC#Cc1cc2c(NC3CCN(C)CC3)cc(Cl)cc2n1CC(F)(F)F. The van der Waals surface area contributed by atoms with Gasteiger partial charge in [-0.1, -0.05) is 17.5 Å². The molecule has 0 spiro atoms. The number of anilines is 2. The van der Waals surface area contributed by atoms with Gasteiger partial charge < -0.3 is 24.8 Å². The predicted molar refractivity (Wildman–Crippen MR) is 146 cm³/mol. The van der Waals surface area contributed by atoms with Crippen molar-refractivity contribution in [1.29, 1.82) is 0 Å². The average molecular weight is 552 g/mol. The molecule has 4 rings (SSSR count). The smallest absolute Gasteiger partial charge is 0.406 e. The van der Waals surface area contributed by atoms with E-state index in [0.29, 0.717) is 27.4 Å². The van der Waals surface area contributed by atoms with Crippen molar-refractivity contribution in [2.45, 2.75) is 36.5 Å². The molecule has 0 atom stereocenters. The summed E-state index contributed by atoms with van der Waals surface area (Å²) in [5.41, 5.74) is 2.10. The van der Waals surface area contributed by atoms with Gasteiger partial charge in [0.05, 0.1) is 30.6 Å². The standard InChI is InChI=1S/C26H29ClF3N5OS/c1-34-10-7-18(8-11-34)33-23-12-17(27)13-24-21(23)14-19(35(24)16-26(28,29)30)4-3-9-32-22-6-5-20(37-31)15-25(22)36-2/h5-6,12-15,18,32-33H,7-11,16,31H2,1-2H3. The van der Waals surface area contributed by atoms with E-state index in [1.807, 2.05) is 12.1 Å². The van der Waals surface area contributed by atoms with Gasteiger partial charge >= 0.3 is 6.18 Å². The molecule has 3 aromatic rings. The lowest BCUT2D eigenvalue weighted by Crippen LogP contribution is -2.36. The largest absolute Gasteiger partial charge is 0.495 e. The highest BCUT2D eigenvalue weighted by Gasteiger charge is 2.30. The molecule has 1 aromatic heterocycles. The Hall–Kier alpha value is -2.71. The number of hydrogen-bond acceptors (Lipinski definition) is 6. The molecule has 198 valence electrons. The second-order valence-corrected chi connectivity index (χ2v) is 10.1. The summed E-state index contributed by atoms with van der Waals surface area (Å²) < 4.78 is 47.2. The van der Waals surface area contributed by atoms with Crippen molar-refractivity contribution in [3.63, 3.8) is 0 Å². The fourth-order valence-corrected chi connectivity index (χ4v) is 4.97. The Morgan fingerprint density at radius 1 is 1.16 bits per heavy atom. The molecule has 0 bridgehead atoms. The second kappa shape index (κ2) is 11.8. The molecule has 1 saturated heterocycles. The van der Waals surface area contributed by atoms with Crippen molar-refractivity contribution < 1.29 is 17.9 Å². The number of methoxy groups -OCH3 is 1. The van der Waals surface area contributed by atoms with Gasteiger partial charge in [-0.15, -0.1) is 0 Å². The first-order valence-electron chi connectivity index (χ1n) is 11.8. The molecule has 1 fully saturated rings. The molecule has 11 heteroatoms. The van der Waals surface area contributed by atoms with E-state index in [1.54, 1.807) is 31.4 Å². The van der Waals surface area contributed by atoms with Crippen LogP contribution in [0.15, 0.2) is 41.3 Å². The van der Waals surface area contributed by atoms with Crippen molar-refractivity contribution in [1.82, 2.24) is 9.47 Å². The van der Waals surface area contributed by atoms with Crippen LogP contribution in [0.2, 0.25) is 5.02 Å². The molecule has 0 unspecified atom stereocenters. The Labute approximate surface area is 223 Å². The van der Waals surface area contributed by atoms with Gasteiger partial charge in [-0.3, -0.25) is 5.14 Å². The molecule has 4 N–H and O–H groups in total. The fourth-order valence-electron chi connectivity index (χ4n) is 4.43. The predicted octanol–water partition coefficient (Wildman–Crippen LogP) is 5.80. The maximum absolute atomic E-state index is 13.5. The molecule has 1 aliphatic rings. The number of nitrogens with two attached hydrogens (primary N) is 1. The average Bonchev–Trinajstić information content (AvgIpc) is 3.19. The summed E-state index contributed by atoms with van der Waals surface area (Å²) in [7, 11) is 3.63. The molecule has 0 saturated carbocycles. The number of benzene rings is 2. The lowest BCUT2D eigenvalue weighted by molar-refractivity contribution is -0.140. The van der Waals surface area contributed by atoms with E-state index in [0.717, 1.165) is 48.5 Å². The van der Waals surface area contributed by atoms with E-state index in [9.17, 15) is 13.2 Å². The van der Waals surface area contributed by atoms with E-state index in [2.05, 4.69) is 34.4 Å². The van der Waals surface area contributed by atoms with Crippen LogP contribution in [-0.4, -0.2) is 55.5 Å². The van der Waals surface area contributed by atoms with E-state index >= 15 is 0 Å². The topological polar surface area (TPSA) is 67.5 Å². The highest BCUT2D eigenvalue weighted by Crippen LogP contribution is 2.34. The lowest BCUT2D eigenvalue weighted by Gasteiger charge is -2.30. The van der Waals surface area contributed by atoms with Gasteiger partial charge in [-0.05, 0) is 87.2 Å². The third-order valence-electron chi connectivity index (χ3n) is 6.29. The Morgan fingerprint density at radius 3 is 2.59 bits per heavy atom. The van der Waals surface area contributed by atoms with E-state index in [-0.39, 0.29) is 18.3 Å². The van der Waals surface area contributed by atoms with E-state index in [4.69, 9.17) is 21.5 Å². The van der Waals surface area contributed by atoms with Crippen molar-refractivity contribution in [3.05, 3.63) is 47.1 Å². The molecule has 37 heavy (non-hydrogen) atoms. The number of hydrogen-bond donors (Lipinski definition) is 3. The third kappa shape index (κ3) is 6.99. The monoisotopic (exact) mass is 551 g/mol. The zero-order chi connectivity index (χ0) is 26.6. The summed E-state index contributed by atoms with van der Waals surface area (Å²) in [4.78, 5) is 3.10. The van der Waals surface area contributed by atoms with Crippen LogP contribution in [0.3, 0.4) is 0 Å². The lowest BCUT2D eigenvalue weighted by atomic mass is 10.0. The number of nitrogens with zero attached hydrogens (tertiary/aromatic N) is 2. The van der Waals surface area contributed by atoms with Crippen LogP contribution in [0.25, 0.3) is 10.9 Å². The number of rotatable bonds is 7. The summed E-state index contributed by atoms with van der Waals surface area (Å²) in [6, 6.07) is 10.7. The third-order valence-corrected chi connectivity index (χ3v) is 7.04. The highest BCUT2D eigenvalue weighted by molar-refractivity contribution is 7.97. The van der Waals surface area contributed by atoms with Crippen molar-refractivity contribution in [2.75, 3.05) is 44.4 Å². The minimum absolute atomic E-state index is 0.209. The summed E-state index contributed by atoms with van der Waals surface area (Å²) in [5, 5.41) is 13.3. The number of piperidine rings is 1. The molecule has 0 radical (unpaired) electrons. The first-order chi connectivity index (χ1) is 17.7. The van der Waals surface area contributed by atoms with Gasteiger partial charge in [-0.2, -0.15) is 13.2 Å². The number of halogens is 4. The fraction of sp³-hybridized carbons (Fsp3) is 0.385. The summed E-state index contributed by atoms with van der Waals surface area (Å²) >= 11 is 7.46. The first-order valence-corrected chi connectivity index (χ1v) is 13.0. The zero-order valence-electron chi connectivity index (χ0n) is 20.6. The minimum atomic E-state index is -4.42. The van der Waals surface area contributed by atoms with Gasteiger partial charge in [0, 0.05) is 27.0 Å². The molecule has 0 amide bonds. The maximum atomic E-state index is 13.5. The zero-order valence-corrected chi connectivity index (χ0v) is 22.2. The molecule has 0 aliphatic carbocycles. The first kappa shape index (κ1) is 27.3. The van der Waals surface area contributed by atoms with E-state index in [1.165, 1.54) is 4.57 Å². The van der Waals surface area contributed by atoms with Crippen LogP contribution in [0.5, 0.6) is 5.75 Å².